The highest BCUT2D eigenvalue weighted by Gasteiger charge is 2.35. The van der Waals surface area contributed by atoms with E-state index in [0.29, 0.717) is 0 Å². The Morgan fingerprint density at radius 2 is 1.87 bits per heavy atom. The Balaban J connectivity index is 2.24. The van der Waals surface area contributed by atoms with Gasteiger partial charge in [0.1, 0.15) is 0 Å². The highest BCUT2D eigenvalue weighted by atomic mass is 14.4. The topological polar surface area (TPSA) is 0 Å². The summed E-state index contributed by atoms with van der Waals surface area (Å²) < 4.78 is 0. The average Bonchev–Trinajstić information content (AvgIpc) is 2.17. The molecule has 84 valence electrons. The monoisotopic (exact) mass is 204 g/mol. The van der Waals surface area contributed by atoms with Crippen molar-refractivity contribution in [2.75, 3.05) is 0 Å². The largest absolute Gasteiger partial charge is 0.0850 e. The predicted molar refractivity (Wildman–Crippen MR) is 66.7 cm³/mol. The van der Waals surface area contributed by atoms with Gasteiger partial charge in [-0.1, -0.05) is 37.1 Å². The first kappa shape index (κ1) is 11.0. The lowest BCUT2D eigenvalue weighted by Gasteiger charge is -2.42. The lowest BCUT2D eigenvalue weighted by atomic mass is 9.63. The van der Waals surface area contributed by atoms with Gasteiger partial charge in [0.05, 0.1) is 0 Å². The van der Waals surface area contributed by atoms with Gasteiger partial charge in [-0.2, -0.15) is 0 Å². The molecule has 0 saturated heterocycles. The predicted octanol–water partition coefficient (Wildman–Crippen LogP) is 4.58. The number of fused-ring (bicyclic) bond motifs is 1. The van der Waals surface area contributed by atoms with Crippen molar-refractivity contribution in [3.8, 4) is 0 Å². The molecule has 0 N–H and O–H groups in total. The van der Waals surface area contributed by atoms with Crippen LogP contribution >= 0.6 is 0 Å². The van der Waals surface area contributed by atoms with Crippen LogP contribution in [0, 0.1) is 23.7 Å². The van der Waals surface area contributed by atoms with Crippen molar-refractivity contribution in [2.24, 2.45) is 23.7 Å². The van der Waals surface area contributed by atoms with Crippen molar-refractivity contribution < 1.29 is 0 Å². The normalized spacial score (nSPS) is 35.9. The molecule has 0 spiro atoms. The maximum Gasteiger partial charge on any atom is -0.0137 e. The molecular formula is C15H24. The Hall–Kier alpha value is -0.520. The fourth-order valence-electron chi connectivity index (χ4n) is 3.49. The Morgan fingerprint density at radius 3 is 2.53 bits per heavy atom. The van der Waals surface area contributed by atoms with Crippen LogP contribution in [0.3, 0.4) is 0 Å². The molecule has 15 heavy (non-hydrogen) atoms. The van der Waals surface area contributed by atoms with E-state index in [1.54, 1.807) is 11.1 Å². The van der Waals surface area contributed by atoms with Gasteiger partial charge in [0, 0.05) is 0 Å². The molecule has 0 aromatic carbocycles. The zero-order chi connectivity index (χ0) is 11.0. The van der Waals surface area contributed by atoms with Crippen LogP contribution in [0.4, 0.5) is 0 Å². The molecule has 2 aliphatic rings. The third-order valence-corrected chi connectivity index (χ3v) is 4.50. The summed E-state index contributed by atoms with van der Waals surface area (Å²) >= 11 is 0. The SMILES string of the molecule is CC1=CCC2C(C)=CC[C@H](C(C)C)C2C1. The highest BCUT2D eigenvalue weighted by molar-refractivity contribution is 5.19. The molecule has 0 radical (unpaired) electrons. The quantitative estimate of drug-likeness (QED) is 0.548. The fraction of sp³-hybridized carbons (Fsp3) is 0.733. The van der Waals surface area contributed by atoms with Crippen LogP contribution < -0.4 is 0 Å². The second-order valence-corrected chi connectivity index (χ2v) is 5.85. The van der Waals surface area contributed by atoms with Gasteiger partial charge < -0.3 is 0 Å². The van der Waals surface area contributed by atoms with Crippen molar-refractivity contribution >= 4 is 0 Å². The van der Waals surface area contributed by atoms with Crippen LogP contribution in [0.15, 0.2) is 23.3 Å². The van der Waals surface area contributed by atoms with Crippen molar-refractivity contribution in [1.29, 1.82) is 0 Å². The molecule has 0 nitrogen and oxygen atoms in total. The van der Waals surface area contributed by atoms with Gasteiger partial charge in [0.2, 0.25) is 0 Å². The van der Waals surface area contributed by atoms with Gasteiger partial charge >= 0.3 is 0 Å². The molecule has 3 atom stereocenters. The van der Waals surface area contributed by atoms with Crippen LogP contribution in [0.25, 0.3) is 0 Å². The van der Waals surface area contributed by atoms with E-state index in [0.717, 1.165) is 23.7 Å². The summed E-state index contributed by atoms with van der Waals surface area (Å²) in [5.41, 5.74) is 3.28. The van der Waals surface area contributed by atoms with Crippen molar-refractivity contribution in [1.82, 2.24) is 0 Å². The Bertz CT molecular complexity index is 293. The van der Waals surface area contributed by atoms with Crippen LogP contribution in [0.5, 0.6) is 0 Å². The van der Waals surface area contributed by atoms with Crippen LogP contribution in [0.2, 0.25) is 0 Å². The maximum atomic E-state index is 2.50. The van der Waals surface area contributed by atoms with Gasteiger partial charge in [-0.15, -0.1) is 0 Å². The summed E-state index contributed by atoms with van der Waals surface area (Å²) in [6.07, 6.45) is 8.92. The molecule has 0 aromatic heterocycles. The number of rotatable bonds is 1. The van der Waals surface area contributed by atoms with E-state index in [1.807, 2.05) is 0 Å². The van der Waals surface area contributed by atoms with E-state index in [9.17, 15) is 0 Å². The summed E-state index contributed by atoms with van der Waals surface area (Å²) in [4.78, 5) is 0. The molecule has 0 amide bonds. The minimum atomic E-state index is 0.841. The smallest absolute Gasteiger partial charge is 0.0137 e. The van der Waals surface area contributed by atoms with Crippen molar-refractivity contribution in [3.63, 3.8) is 0 Å². The summed E-state index contributed by atoms with van der Waals surface area (Å²) in [6.45, 7) is 9.43. The van der Waals surface area contributed by atoms with Crippen LogP contribution in [0.1, 0.15) is 47.0 Å². The summed E-state index contributed by atoms with van der Waals surface area (Å²) in [7, 11) is 0. The number of hydrogen-bond acceptors (Lipinski definition) is 0. The van der Waals surface area contributed by atoms with Crippen molar-refractivity contribution in [2.45, 2.75) is 47.0 Å². The van der Waals surface area contributed by atoms with E-state index in [4.69, 9.17) is 0 Å². The molecule has 0 saturated carbocycles. The van der Waals surface area contributed by atoms with E-state index in [2.05, 4.69) is 39.8 Å². The van der Waals surface area contributed by atoms with Gasteiger partial charge in [0.15, 0.2) is 0 Å². The Kier molecular flexibility index (Phi) is 3.04. The number of allylic oxidation sites excluding steroid dienone is 4. The van der Waals surface area contributed by atoms with E-state index in [-0.39, 0.29) is 0 Å². The van der Waals surface area contributed by atoms with Crippen molar-refractivity contribution in [3.05, 3.63) is 23.3 Å². The second-order valence-electron chi connectivity index (χ2n) is 5.85. The summed E-state index contributed by atoms with van der Waals surface area (Å²) in [6, 6.07) is 0. The minimum absolute atomic E-state index is 0.841. The van der Waals surface area contributed by atoms with Gasteiger partial charge in [-0.3, -0.25) is 0 Å². The molecule has 0 fully saturated rings. The first-order chi connectivity index (χ1) is 7.09. The molecule has 0 aliphatic heterocycles. The summed E-state index contributed by atoms with van der Waals surface area (Å²) in [5, 5.41) is 0. The van der Waals surface area contributed by atoms with Gasteiger partial charge in [-0.05, 0) is 56.8 Å². The van der Waals surface area contributed by atoms with E-state index in [1.165, 1.54) is 19.3 Å². The molecule has 0 bridgehead atoms. The molecule has 2 rings (SSSR count). The highest BCUT2D eigenvalue weighted by Crippen LogP contribution is 2.45. The number of hydrogen-bond donors (Lipinski definition) is 0. The third kappa shape index (κ3) is 2.04. The molecule has 2 unspecified atom stereocenters. The molecule has 0 heteroatoms. The molecule has 0 heterocycles. The average molecular weight is 204 g/mol. The third-order valence-electron chi connectivity index (χ3n) is 4.50. The zero-order valence-corrected chi connectivity index (χ0v) is 10.6. The Morgan fingerprint density at radius 1 is 1.13 bits per heavy atom. The lowest BCUT2D eigenvalue weighted by molar-refractivity contribution is 0.175. The van der Waals surface area contributed by atoms with Crippen LogP contribution in [-0.4, -0.2) is 0 Å². The molecule has 0 aromatic rings. The Labute approximate surface area is 94.5 Å². The van der Waals surface area contributed by atoms with Crippen LogP contribution in [-0.2, 0) is 0 Å². The maximum absolute atomic E-state index is 2.50. The first-order valence-corrected chi connectivity index (χ1v) is 6.42. The molecule has 2 aliphatic carbocycles. The van der Waals surface area contributed by atoms with Gasteiger partial charge in [0.25, 0.3) is 0 Å². The second kappa shape index (κ2) is 4.15. The fourth-order valence-corrected chi connectivity index (χ4v) is 3.49. The zero-order valence-electron chi connectivity index (χ0n) is 10.6. The van der Waals surface area contributed by atoms with E-state index < -0.39 is 0 Å². The lowest BCUT2D eigenvalue weighted by Crippen LogP contribution is -2.32. The summed E-state index contributed by atoms with van der Waals surface area (Å²) in [5.74, 6) is 3.55. The van der Waals surface area contributed by atoms with E-state index >= 15 is 0 Å². The minimum Gasteiger partial charge on any atom is -0.0850 e. The van der Waals surface area contributed by atoms with Gasteiger partial charge in [-0.25, -0.2) is 0 Å². The molecular weight excluding hydrogens is 180 g/mol. The first-order valence-electron chi connectivity index (χ1n) is 6.42. The standard InChI is InChI=1S/C15H24/c1-10(2)13-8-6-12(4)14-7-5-11(3)9-15(13)14/h5-6,10,13-15H,7-9H2,1-4H3/t13-,14?,15?/m1/s1.